The van der Waals surface area contributed by atoms with Crippen molar-refractivity contribution in [3.05, 3.63) is 65.6 Å². The van der Waals surface area contributed by atoms with E-state index in [4.69, 9.17) is 23.4 Å². The highest BCUT2D eigenvalue weighted by Crippen LogP contribution is 2.75. The van der Waals surface area contributed by atoms with Gasteiger partial charge in [0.15, 0.2) is 17.7 Å². The second-order valence-electron chi connectivity index (χ2n) is 11.2. The maximum atomic E-state index is 10.2. The van der Waals surface area contributed by atoms with Crippen LogP contribution in [0.4, 0.5) is 0 Å². The quantitative estimate of drug-likeness (QED) is 0.362. The minimum Gasteiger partial charge on any atom is -0.497 e. The van der Waals surface area contributed by atoms with Gasteiger partial charge >= 0.3 is 0 Å². The van der Waals surface area contributed by atoms with Gasteiger partial charge in [-0.05, 0) is 55.2 Å². The average Bonchev–Trinajstić information content (AvgIpc) is 3.61. The maximum absolute atomic E-state index is 10.2. The lowest BCUT2D eigenvalue weighted by Crippen LogP contribution is -2.78. The molecule has 0 radical (unpaired) electrons. The Kier molecular flexibility index (Phi) is 4.43. The van der Waals surface area contributed by atoms with Crippen LogP contribution in [0.1, 0.15) is 35.8 Å². The molecule has 9 nitrogen and oxygen atoms in total. The van der Waals surface area contributed by atoms with Crippen LogP contribution in [-0.2, 0) is 16.6 Å². The van der Waals surface area contributed by atoms with E-state index < -0.39 is 5.60 Å². The van der Waals surface area contributed by atoms with Crippen molar-refractivity contribution in [2.75, 3.05) is 27.9 Å². The number of ether oxygens (including phenoxy) is 4. The third-order valence-corrected chi connectivity index (χ3v) is 10.2. The summed E-state index contributed by atoms with van der Waals surface area (Å²) in [6.45, 7) is 0.680. The second kappa shape index (κ2) is 7.54. The summed E-state index contributed by atoms with van der Waals surface area (Å²) in [6.07, 6.45) is 8.90. The molecule has 198 valence electrons. The van der Waals surface area contributed by atoms with Gasteiger partial charge in [-0.1, -0.05) is 18.2 Å². The topological polar surface area (TPSA) is 103 Å². The molecule has 4 aliphatic carbocycles. The zero-order valence-electron chi connectivity index (χ0n) is 22.0. The van der Waals surface area contributed by atoms with Crippen molar-refractivity contribution < 1.29 is 23.4 Å². The van der Waals surface area contributed by atoms with Crippen molar-refractivity contribution in [2.24, 2.45) is 5.41 Å². The van der Waals surface area contributed by atoms with Gasteiger partial charge in [0.2, 0.25) is 11.8 Å². The van der Waals surface area contributed by atoms with Gasteiger partial charge in [0.1, 0.15) is 17.5 Å². The SMILES string of the molecule is COc1ccc(-c2nnc([C@@H]3C[C@@]45C=C[C@]3(OC)[C@H]3Oc6c(OC)ccc7c6[C@@]34CCN(C#N)[C@@H]5C7)o2)cc1. The summed E-state index contributed by atoms with van der Waals surface area (Å²) in [7, 11) is 5.06. The summed E-state index contributed by atoms with van der Waals surface area (Å²) in [5, 5.41) is 19.2. The Balaban J connectivity index is 1.31. The fraction of sp³-hybridized carbons (Fsp3) is 0.433. The molecule has 2 fully saturated rings. The molecule has 0 amide bonds. The lowest BCUT2D eigenvalue weighted by molar-refractivity contribution is -0.197. The van der Waals surface area contributed by atoms with Gasteiger partial charge in [0.25, 0.3) is 0 Å². The molecule has 2 spiro atoms. The van der Waals surface area contributed by atoms with E-state index in [1.54, 1.807) is 21.3 Å². The lowest BCUT2D eigenvalue weighted by Gasteiger charge is -2.70. The normalized spacial score (nSPS) is 34.3. The summed E-state index contributed by atoms with van der Waals surface area (Å²) in [6, 6.07) is 11.7. The highest BCUT2D eigenvalue weighted by molar-refractivity contribution is 5.66. The molecule has 9 heteroatoms. The Hall–Kier alpha value is -4.03. The number of hydrogen-bond donors (Lipinski definition) is 0. The molecule has 1 aromatic heterocycles. The van der Waals surface area contributed by atoms with Crippen molar-refractivity contribution >= 4 is 0 Å². The Morgan fingerprint density at radius 1 is 1.05 bits per heavy atom. The van der Waals surface area contributed by atoms with Crippen LogP contribution < -0.4 is 14.2 Å². The largest absolute Gasteiger partial charge is 0.497 e. The number of aromatic nitrogens is 2. The molecule has 6 atom stereocenters. The molecular formula is C30H28N4O5. The van der Waals surface area contributed by atoms with Crippen LogP contribution >= 0.6 is 0 Å². The molecule has 0 unspecified atom stereocenters. The van der Waals surface area contributed by atoms with Crippen molar-refractivity contribution in [1.29, 1.82) is 5.26 Å². The van der Waals surface area contributed by atoms with Crippen LogP contribution in [-0.4, -0.2) is 60.7 Å². The van der Waals surface area contributed by atoms with Gasteiger partial charge in [-0.3, -0.25) is 0 Å². The second-order valence-corrected chi connectivity index (χ2v) is 11.2. The minimum atomic E-state index is -0.830. The molecule has 4 bridgehead atoms. The predicted octanol–water partition coefficient (Wildman–Crippen LogP) is 3.99. The summed E-state index contributed by atoms with van der Waals surface area (Å²) < 4.78 is 30.9. The molecule has 3 aromatic rings. The lowest BCUT2D eigenvalue weighted by atomic mass is 9.37. The van der Waals surface area contributed by atoms with E-state index in [2.05, 4.69) is 34.6 Å². The van der Waals surface area contributed by atoms with Gasteiger partial charge in [0.05, 0.1) is 31.6 Å². The first-order valence-corrected chi connectivity index (χ1v) is 13.3. The Morgan fingerprint density at radius 3 is 2.64 bits per heavy atom. The van der Waals surface area contributed by atoms with Crippen molar-refractivity contribution in [3.8, 4) is 34.9 Å². The number of rotatable bonds is 5. The van der Waals surface area contributed by atoms with Crippen LogP contribution in [0.25, 0.3) is 11.5 Å². The fourth-order valence-corrected chi connectivity index (χ4v) is 8.61. The van der Waals surface area contributed by atoms with E-state index in [-0.39, 0.29) is 28.9 Å². The maximum Gasteiger partial charge on any atom is 0.247 e. The number of methoxy groups -OCH3 is 3. The first-order chi connectivity index (χ1) is 19.0. The zero-order chi connectivity index (χ0) is 26.6. The van der Waals surface area contributed by atoms with Gasteiger partial charge in [-0.25, -0.2) is 0 Å². The third kappa shape index (κ3) is 2.49. The molecule has 6 aliphatic rings. The number of likely N-dealkylation sites (tertiary alicyclic amines) is 1. The van der Waals surface area contributed by atoms with Crippen molar-refractivity contribution in [2.45, 2.75) is 48.3 Å². The zero-order valence-corrected chi connectivity index (χ0v) is 22.0. The molecule has 0 N–H and O–H groups in total. The first-order valence-electron chi connectivity index (χ1n) is 13.3. The molecule has 3 heterocycles. The van der Waals surface area contributed by atoms with E-state index in [0.717, 1.165) is 35.7 Å². The summed E-state index contributed by atoms with van der Waals surface area (Å²) in [4.78, 5) is 1.97. The third-order valence-electron chi connectivity index (χ3n) is 10.2. The Bertz CT molecular complexity index is 1580. The summed E-state index contributed by atoms with van der Waals surface area (Å²) in [5.74, 6) is 3.00. The fourth-order valence-electron chi connectivity index (χ4n) is 8.61. The predicted molar refractivity (Wildman–Crippen MR) is 138 cm³/mol. The smallest absolute Gasteiger partial charge is 0.247 e. The van der Waals surface area contributed by atoms with E-state index in [1.807, 2.05) is 35.2 Å². The average molecular weight is 525 g/mol. The van der Waals surface area contributed by atoms with Gasteiger partial charge < -0.3 is 28.3 Å². The van der Waals surface area contributed by atoms with Crippen LogP contribution in [0.5, 0.6) is 17.2 Å². The van der Waals surface area contributed by atoms with Crippen LogP contribution in [0.3, 0.4) is 0 Å². The summed E-state index contributed by atoms with van der Waals surface area (Å²) >= 11 is 0. The van der Waals surface area contributed by atoms with Crippen LogP contribution in [0.2, 0.25) is 0 Å². The number of hydrogen-bond acceptors (Lipinski definition) is 9. The first kappa shape index (κ1) is 22.9. The number of fused-ring (bicyclic) bond motifs is 1. The van der Waals surface area contributed by atoms with Crippen LogP contribution in [0, 0.1) is 16.9 Å². The van der Waals surface area contributed by atoms with Crippen molar-refractivity contribution in [1.82, 2.24) is 15.1 Å². The number of piperidine rings is 1. The highest BCUT2D eigenvalue weighted by Gasteiger charge is 2.80. The number of nitrogens with zero attached hydrogens (tertiary/aromatic N) is 4. The molecular weight excluding hydrogens is 496 g/mol. The van der Waals surface area contributed by atoms with Gasteiger partial charge in [0, 0.05) is 30.2 Å². The molecule has 1 saturated heterocycles. The van der Waals surface area contributed by atoms with E-state index in [9.17, 15) is 5.26 Å². The number of nitriles is 1. The molecule has 9 rings (SSSR count). The monoisotopic (exact) mass is 524 g/mol. The van der Waals surface area contributed by atoms with Gasteiger partial charge in [-0.15, -0.1) is 10.2 Å². The highest BCUT2D eigenvalue weighted by atomic mass is 16.6. The number of benzene rings is 2. The summed E-state index contributed by atoms with van der Waals surface area (Å²) in [5.41, 5.74) is 1.74. The van der Waals surface area contributed by atoms with Gasteiger partial charge in [-0.2, -0.15) is 5.26 Å². The van der Waals surface area contributed by atoms with Crippen LogP contribution in [0.15, 0.2) is 53.0 Å². The van der Waals surface area contributed by atoms with E-state index >= 15 is 0 Å². The molecule has 39 heavy (non-hydrogen) atoms. The van der Waals surface area contributed by atoms with E-state index in [0.29, 0.717) is 24.7 Å². The standard InChI is InChI=1S/C30H28N4O5/c1-35-19-7-4-17(5-8-19)25-32-33-26(39-25)20-15-28-10-11-30(20,37-3)27-29(28)12-13-34(16-31)22(28)14-18-6-9-21(36-2)24(38-27)23(18)29/h4-11,20,22,27H,12-15H2,1-3H3/t20-,22+,27-,28+,29-,30+/m0/s1. The molecule has 2 aliphatic heterocycles. The Labute approximate surface area is 225 Å². The van der Waals surface area contributed by atoms with Crippen molar-refractivity contribution in [3.63, 3.8) is 0 Å². The van der Waals surface area contributed by atoms with E-state index in [1.165, 1.54) is 11.1 Å². The molecule has 2 aromatic carbocycles. The molecule has 1 saturated carbocycles. The Morgan fingerprint density at radius 2 is 1.90 bits per heavy atom. The minimum absolute atomic E-state index is 0.00733.